The molecule has 0 spiro atoms. The van der Waals surface area contributed by atoms with Gasteiger partial charge in [0.05, 0.1) is 18.8 Å². The molecule has 0 radical (unpaired) electrons. The zero-order chi connectivity index (χ0) is 14.4. The molecule has 0 aromatic rings. The average Bonchev–Trinajstić information content (AvgIpc) is 2.33. The summed E-state index contributed by atoms with van der Waals surface area (Å²) in [5, 5.41) is 12.1. The Labute approximate surface area is 119 Å². The van der Waals surface area contributed by atoms with Crippen LogP contribution in [0.5, 0.6) is 0 Å². The Morgan fingerprint density at radius 3 is 2.47 bits per heavy atom. The highest BCUT2D eigenvalue weighted by atomic mass is 16.5. The molecule has 0 aliphatic heterocycles. The zero-order valence-corrected chi connectivity index (χ0v) is 13.4. The fraction of sp³-hybridized carbons (Fsp3) is 1.00. The monoisotopic (exact) mass is 272 g/mol. The lowest BCUT2D eigenvalue weighted by molar-refractivity contribution is -0.688. The summed E-state index contributed by atoms with van der Waals surface area (Å²) in [6.07, 6.45) is 3.76. The molecular formula is C16H34NO2+. The van der Waals surface area contributed by atoms with Crippen molar-refractivity contribution in [2.75, 3.05) is 13.2 Å². The van der Waals surface area contributed by atoms with E-state index >= 15 is 0 Å². The molecular weight excluding hydrogens is 238 g/mol. The summed E-state index contributed by atoms with van der Waals surface area (Å²) in [5.41, 5.74) is 0. The minimum Gasteiger partial charge on any atom is -0.385 e. The average molecular weight is 272 g/mol. The molecule has 3 heteroatoms. The highest BCUT2D eigenvalue weighted by Crippen LogP contribution is 2.35. The summed E-state index contributed by atoms with van der Waals surface area (Å²) in [6, 6.07) is 0.535. The summed E-state index contributed by atoms with van der Waals surface area (Å²) in [6.45, 7) is 12.4. The molecule has 0 unspecified atom stereocenters. The van der Waals surface area contributed by atoms with Gasteiger partial charge in [0.2, 0.25) is 0 Å². The van der Waals surface area contributed by atoms with Crippen molar-refractivity contribution in [3.8, 4) is 0 Å². The van der Waals surface area contributed by atoms with Crippen LogP contribution in [-0.4, -0.2) is 36.5 Å². The third-order valence-electron chi connectivity index (χ3n) is 4.34. The Balaban J connectivity index is 2.35. The molecule has 3 nitrogen and oxygen atoms in total. The van der Waals surface area contributed by atoms with Crippen LogP contribution in [0.15, 0.2) is 0 Å². The lowest BCUT2D eigenvalue weighted by Gasteiger charge is -2.37. The Morgan fingerprint density at radius 1 is 1.21 bits per heavy atom. The van der Waals surface area contributed by atoms with Crippen molar-refractivity contribution in [2.24, 2.45) is 17.8 Å². The van der Waals surface area contributed by atoms with E-state index in [2.05, 4.69) is 39.9 Å². The number of ether oxygens (including phenoxy) is 1. The molecule has 0 heterocycles. The fourth-order valence-corrected chi connectivity index (χ4v) is 3.04. The van der Waals surface area contributed by atoms with Gasteiger partial charge in [-0.2, -0.15) is 0 Å². The third-order valence-corrected chi connectivity index (χ3v) is 4.34. The summed E-state index contributed by atoms with van der Waals surface area (Å²) < 4.78 is 6.05. The highest BCUT2D eigenvalue weighted by molar-refractivity contribution is 4.81. The van der Waals surface area contributed by atoms with Crippen molar-refractivity contribution in [1.29, 1.82) is 0 Å². The summed E-state index contributed by atoms with van der Waals surface area (Å²) in [5.74, 6) is 2.11. The normalized spacial score (nSPS) is 30.0. The van der Waals surface area contributed by atoms with E-state index in [1.165, 1.54) is 12.8 Å². The maximum atomic E-state index is 9.96. The van der Waals surface area contributed by atoms with Crippen molar-refractivity contribution in [3.63, 3.8) is 0 Å². The van der Waals surface area contributed by atoms with Gasteiger partial charge in [0, 0.05) is 0 Å². The first kappa shape index (κ1) is 16.9. The van der Waals surface area contributed by atoms with Crippen LogP contribution in [0.25, 0.3) is 0 Å². The van der Waals surface area contributed by atoms with Gasteiger partial charge < -0.3 is 15.2 Å². The van der Waals surface area contributed by atoms with Gasteiger partial charge in [-0.05, 0) is 44.4 Å². The number of rotatable bonds is 7. The predicted molar refractivity (Wildman–Crippen MR) is 79.0 cm³/mol. The maximum absolute atomic E-state index is 9.96. The second kappa shape index (κ2) is 8.23. The largest absolute Gasteiger partial charge is 0.385 e. The van der Waals surface area contributed by atoms with Gasteiger partial charge in [0.15, 0.2) is 0 Å². The number of nitrogens with two attached hydrogens (primary N) is 1. The van der Waals surface area contributed by atoms with Crippen LogP contribution in [0.2, 0.25) is 0 Å². The van der Waals surface area contributed by atoms with Crippen LogP contribution in [0.3, 0.4) is 0 Å². The fourth-order valence-electron chi connectivity index (χ4n) is 3.04. The van der Waals surface area contributed by atoms with E-state index in [1.807, 2.05) is 0 Å². The minimum absolute atomic E-state index is 0.340. The lowest BCUT2D eigenvalue weighted by Crippen LogP contribution is -2.90. The van der Waals surface area contributed by atoms with Crippen LogP contribution in [0.1, 0.15) is 53.9 Å². The summed E-state index contributed by atoms with van der Waals surface area (Å²) in [4.78, 5) is 0. The molecule has 0 aromatic carbocycles. The van der Waals surface area contributed by atoms with E-state index in [0.29, 0.717) is 30.6 Å². The van der Waals surface area contributed by atoms with Gasteiger partial charge in [-0.25, -0.2) is 0 Å². The number of aliphatic hydroxyl groups is 1. The second-order valence-electron chi connectivity index (χ2n) is 7.07. The van der Waals surface area contributed by atoms with Gasteiger partial charge >= 0.3 is 0 Å². The first-order valence-corrected chi connectivity index (χ1v) is 8.03. The van der Waals surface area contributed by atoms with E-state index in [4.69, 9.17) is 4.74 Å². The molecule has 19 heavy (non-hydrogen) atoms. The number of quaternary nitrogens is 1. The van der Waals surface area contributed by atoms with E-state index in [1.54, 1.807) is 0 Å². The molecule has 1 saturated carbocycles. The zero-order valence-electron chi connectivity index (χ0n) is 13.4. The summed E-state index contributed by atoms with van der Waals surface area (Å²) >= 11 is 0. The van der Waals surface area contributed by atoms with E-state index in [0.717, 1.165) is 18.9 Å². The van der Waals surface area contributed by atoms with Crippen LogP contribution < -0.4 is 5.32 Å². The molecule has 3 N–H and O–H groups in total. The Morgan fingerprint density at radius 2 is 1.89 bits per heavy atom. The van der Waals surface area contributed by atoms with E-state index in [9.17, 15) is 5.11 Å². The standard InChI is InChI=1S/C16H33NO2/c1-11(2)15-7-6-13(5)8-16(15)19-10-14(18)9-17-12(3)4/h11-18H,6-10H2,1-5H3/p+1/t13-,14-,15-,16-/m1/s1. The van der Waals surface area contributed by atoms with Gasteiger partial charge in [-0.15, -0.1) is 0 Å². The Bertz CT molecular complexity index is 243. The van der Waals surface area contributed by atoms with Crippen LogP contribution >= 0.6 is 0 Å². The molecule has 4 atom stereocenters. The second-order valence-corrected chi connectivity index (χ2v) is 7.07. The maximum Gasteiger partial charge on any atom is 0.126 e. The lowest BCUT2D eigenvalue weighted by atomic mass is 9.75. The van der Waals surface area contributed by atoms with E-state index < -0.39 is 0 Å². The van der Waals surface area contributed by atoms with Gasteiger partial charge in [-0.1, -0.05) is 27.2 Å². The van der Waals surface area contributed by atoms with Crippen molar-refractivity contribution in [1.82, 2.24) is 0 Å². The molecule has 0 amide bonds. The van der Waals surface area contributed by atoms with Crippen molar-refractivity contribution >= 4 is 0 Å². The quantitative estimate of drug-likeness (QED) is 0.742. The van der Waals surface area contributed by atoms with Gasteiger partial charge in [0.1, 0.15) is 12.6 Å². The first-order valence-electron chi connectivity index (χ1n) is 8.03. The van der Waals surface area contributed by atoms with Crippen molar-refractivity contribution in [2.45, 2.75) is 72.1 Å². The minimum atomic E-state index is -0.340. The molecule has 0 saturated heterocycles. The van der Waals surface area contributed by atoms with Crippen molar-refractivity contribution in [3.05, 3.63) is 0 Å². The van der Waals surface area contributed by atoms with E-state index in [-0.39, 0.29) is 6.10 Å². The smallest absolute Gasteiger partial charge is 0.126 e. The molecule has 114 valence electrons. The highest BCUT2D eigenvalue weighted by Gasteiger charge is 2.31. The van der Waals surface area contributed by atoms with Crippen LogP contribution in [-0.2, 0) is 4.74 Å². The SMILES string of the molecule is CC(C)[NH2+]C[C@@H](O)CO[C@@H]1C[C@H](C)CC[C@@H]1C(C)C. The predicted octanol–water partition coefficient (Wildman–Crippen LogP) is 1.80. The summed E-state index contributed by atoms with van der Waals surface area (Å²) in [7, 11) is 0. The third kappa shape index (κ3) is 6.24. The Hall–Kier alpha value is -0.120. The van der Waals surface area contributed by atoms with Gasteiger partial charge in [0.25, 0.3) is 0 Å². The van der Waals surface area contributed by atoms with Crippen LogP contribution in [0.4, 0.5) is 0 Å². The number of aliphatic hydroxyl groups excluding tert-OH is 1. The Kier molecular flexibility index (Phi) is 7.33. The van der Waals surface area contributed by atoms with Crippen molar-refractivity contribution < 1.29 is 15.2 Å². The molecule has 0 aromatic heterocycles. The molecule has 1 aliphatic carbocycles. The van der Waals surface area contributed by atoms with Crippen LogP contribution in [0, 0.1) is 17.8 Å². The number of hydrogen-bond acceptors (Lipinski definition) is 2. The van der Waals surface area contributed by atoms with Gasteiger partial charge in [-0.3, -0.25) is 0 Å². The topological polar surface area (TPSA) is 46.1 Å². The molecule has 1 rings (SSSR count). The molecule has 0 bridgehead atoms. The number of hydrogen-bond donors (Lipinski definition) is 2. The molecule has 1 aliphatic rings. The molecule has 1 fully saturated rings. The first-order chi connectivity index (χ1) is 8.90.